The number of halogens is 1. The third kappa shape index (κ3) is 2.33. The Morgan fingerprint density at radius 1 is 1.20 bits per heavy atom. The summed E-state index contributed by atoms with van der Waals surface area (Å²) in [5.74, 6) is 3.07. The van der Waals surface area contributed by atoms with Crippen LogP contribution in [0.15, 0.2) is 0 Å². The number of hydrogen-bond donors (Lipinski definition) is 0. The molecule has 1 aromatic heterocycles. The zero-order valence-electron chi connectivity index (χ0n) is 9.25. The van der Waals surface area contributed by atoms with Gasteiger partial charge in [0, 0.05) is 13.0 Å². The first-order chi connectivity index (χ1) is 7.33. The van der Waals surface area contributed by atoms with Crippen LogP contribution in [0, 0.1) is 0 Å². The molecule has 0 bridgehead atoms. The van der Waals surface area contributed by atoms with Crippen molar-refractivity contribution in [3.8, 4) is 0 Å². The van der Waals surface area contributed by atoms with Crippen LogP contribution in [0.3, 0.4) is 0 Å². The summed E-state index contributed by atoms with van der Waals surface area (Å²) in [5, 5.41) is 8.40. The number of aromatic nitrogens is 3. The normalized spacial score (nSPS) is 19.1. The Kier molecular flexibility index (Phi) is 3.62. The molecule has 0 radical (unpaired) electrons. The van der Waals surface area contributed by atoms with Crippen LogP contribution in [0.25, 0.3) is 0 Å². The zero-order valence-corrected chi connectivity index (χ0v) is 10.0. The van der Waals surface area contributed by atoms with E-state index in [0.29, 0.717) is 11.8 Å². The molecule has 0 saturated heterocycles. The highest BCUT2D eigenvalue weighted by Gasteiger charge is 2.20. The molecule has 1 aliphatic rings. The predicted octanol–water partition coefficient (Wildman–Crippen LogP) is 2.99. The molecule has 0 N–H and O–H groups in total. The Morgan fingerprint density at radius 3 is 2.40 bits per heavy atom. The van der Waals surface area contributed by atoms with Crippen LogP contribution in [0.5, 0.6) is 0 Å². The minimum atomic E-state index is 0.455. The Balaban J connectivity index is 2.16. The number of nitrogens with zero attached hydrogens (tertiary/aromatic N) is 3. The summed E-state index contributed by atoms with van der Waals surface area (Å²) in [6.07, 6.45) is 7.91. The first kappa shape index (κ1) is 10.9. The smallest absolute Gasteiger partial charge is 0.147 e. The third-order valence-electron chi connectivity index (χ3n) is 3.34. The molecule has 84 valence electrons. The molecule has 0 aliphatic heterocycles. The summed E-state index contributed by atoms with van der Waals surface area (Å²) in [4.78, 5) is 0. The van der Waals surface area contributed by atoms with Gasteiger partial charge in [0.1, 0.15) is 11.6 Å². The van der Waals surface area contributed by atoms with Crippen molar-refractivity contribution >= 4 is 11.6 Å². The highest BCUT2D eigenvalue weighted by atomic mass is 35.5. The zero-order chi connectivity index (χ0) is 10.7. The summed E-state index contributed by atoms with van der Waals surface area (Å²) in [6, 6.07) is 0. The van der Waals surface area contributed by atoms with Gasteiger partial charge in [-0.15, -0.1) is 21.8 Å². The molecule has 0 aromatic carbocycles. The van der Waals surface area contributed by atoms with Gasteiger partial charge in [-0.25, -0.2) is 0 Å². The second-order valence-corrected chi connectivity index (χ2v) is 4.62. The Morgan fingerprint density at radius 2 is 1.87 bits per heavy atom. The fourth-order valence-corrected chi connectivity index (χ4v) is 2.62. The van der Waals surface area contributed by atoms with E-state index in [1.807, 2.05) is 7.05 Å². The van der Waals surface area contributed by atoms with Crippen LogP contribution in [0.1, 0.15) is 56.1 Å². The van der Waals surface area contributed by atoms with E-state index in [9.17, 15) is 0 Å². The van der Waals surface area contributed by atoms with Crippen LogP contribution in [0.4, 0.5) is 0 Å². The molecule has 2 rings (SSSR count). The molecule has 1 saturated carbocycles. The van der Waals surface area contributed by atoms with Gasteiger partial charge in [-0.1, -0.05) is 25.7 Å². The van der Waals surface area contributed by atoms with Crippen molar-refractivity contribution in [2.45, 2.75) is 50.3 Å². The molecular formula is C11H18ClN3. The van der Waals surface area contributed by atoms with Crippen LogP contribution in [-0.2, 0) is 12.9 Å². The van der Waals surface area contributed by atoms with Crippen LogP contribution >= 0.6 is 11.6 Å². The average Bonchev–Trinajstić information content (AvgIpc) is 2.49. The molecule has 1 aromatic rings. The van der Waals surface area contributed by atoms with Crippen molar-refractivity contribution in [3.05, 3.63) is 11.6 Å². The van der Waals surface area contributed by atoms with Crippen molar-refractivity contribution in [3.63, 3.8) is 0 Å². The van der Waals surface area contributed by atoms with E-state index in [4.69, 9.17) is 11.6 Å². The summed E-state index contributed by atoms with van der Waals surface area (Å²) in [5.41, 5.74) is 0. The van der Waals surface area contributed by atoms with Gasteiger partial charge >= 0.3 is 0 Å². The first-order valence-electron chi connectivity index (χ1n) is 5.77. The van der Waals surface area contributed by atoms with Crippen LogP contribution < -0.4 is 0 Å². The molecule has 3 nitrogen and oxygen atoms in total. The lowest BCUT2D eigenvalue weighted by atomic mass is 10.00. The standard InChI is InChI=1S/C11H18ClN3/c1-15-10(8-12)13-14-11(15)9-6-4-2-3-5-7-9/h9H,2-8H2,1H3. The van der Waals surface area contributed by atoms with Gasteiger partial charge < -0.3 is 4.57 Å². The van der Waals surface area contributed by atoms with Gasteiger partial charge in [0.05, 0.1) is 5.88 Å². The van der Waals surface area contributed by atoms with Crippen molar-refractivity contribution in [1.82, 2.24) is 14.8 Å². The van der Waals surface area contributed by atoms with Crippen molar-refractivity contribution < 1.29 is 0 Å². The van der Waals surface area contributed by atoms with Gasteiger partial charge in [-0.05, 0) is 12.8 Å². The summed E-state index contributed by atoms with van der Waals surface area (Å²) >= 11 is 5.79. The maximum Gasteiger partial charge on any atom is 0.147 e. The lowest BCUT2D eigenvalue weighted by molar-refractivity contribution is 0.538. The maximum atomic E-state index is 5.79. The van der Waals surface area contributed by atoms with E-state index >= 15 is 0 Å². The van der Waals surface area contributed by atoms with Gasteiger partial charge in [0.15, 0.2) is 0 Å². The third-order valence-corrected chi connectivity index (χ3v) is 3.58. The van der Waals surface area contributed by atoms with E-state index in [1.54, 1.807) is 0 Å². The van der Waals surface area contributed by atoms with E-state index < -0.39 is 0 Å². The van der Waals surface area contributed by atoms with Crippen molar-refractivity contribution in [1.29, 1.82) is 0 Å². The fourth-order valence-electron chi connectivity index (χ4n) is 2.38. The Labute approximate surface area is 95.8 Å². The van der Waals surface area contributed by atoms with Gasteiger partial charge in [-0.2, -0.15) is 0 Å². The fraction of sp³-hybridized carbons (Fsp3) is 0.818. The Hall–Kier alpha value is -0.570. The topological polar surface area (TPSA) is 30.7 Å². The van der Waals surface area contributed by atoms with E-state index in [2.05, 4.69) is 14.8 Å². The molecule has 0 unspecified atom stereocenters. The average molecular weight is 228 g/mol. The number of alkyl halides is 1. The van der Waals surface area contributed by atoms with E-state index in [-0.39, 0.29) is 0 Å². The second kappa shape index (κ2) is 4.97. The van der Waals surface area contributed by atoms with Crippen LogP contribution in [-0.4, -0.2) is 14.8 Å². The minimum Gasteiger partial charge on any atom is -0.317 e. The van der Waals surface area contributed by atoms with Crippen molar-refractivity contribution in [2.24, 2.45) is 7.05 Å². The molecule has 0 spiro atoms. The summed E-state index contributed by atoms with van der Waals surface area (Å²) in [6.45, 7) is 0. The van der Waals surface area contributed by atoms with E-state index in [0.717, 1.165) is 11.6 Å². The quantitative estimate of drug-likeness (QED) is 0.575. The summed E-state index contributed by atoms with van der Waals surface area (Å²) in [7, 11) is 2.03. The lowest BCUT2D eigenvalue weighted by Gasteiger charge is -2.12. The van der Waals surface area contributed by atoms with E-state index in [1.165, 1.54) is 38.5 Å². The summed E-state index contributed by atoms with van der Waals surface area (Å²) < 4.78 is 2.07. The number of hydrogen-bond acceptors (Lipinski definition) is 2. The van der Waals surface area contributed by atoms with Crippen LogP contribution in [0.2, 0.25) is 0 Å². The monoisotopic (exact) mass is 227 g/mol. The first-order valence-corrected chi connectivity index (χ1v) is 6.30. The molecule has 4 heteroatoms. The molecular weight excluding hydrogens is 210 g/mol. The van der Waals surface area contributed by atoms with Gasteiger partial charge in [0.2, 0.25) is 0 Å². The lowest BCUT2D eigenvalue weighted by Crippen LogP contribution is -2.07. The van der Waals surface area contributed by atoms with Crippen molar-refractivity contribution in [2.75, 3.05) is 0 Å². The molecule has 0 amide bonds. The predicted molar refractivity (Wildman–Crippen MR) is 61.0 cm³/mol. The molecule has 1 fully saturated rings. The largest absolute Gasteiger partial charge is 0.317 e. The Bertz CT molecular complexity index is 314. The SMILES string of the molecule is Cn1c(CCl)nnc1C1CCCCCC1. The van der Waals surface area contributed by atoms with Gasteiger partial charge in [-0.3, -0.25) is 0 Å². The second-order valence-electron chi connectivity index (χ2n) is 4.36. The molecule has 1 aliphatic carbocycles. The highest BCUT2D eigenvalue weighted by molar-refractivity contribution is 6.16. The highest BCUT2D eigenvalue weighted by Crippen LogP contribution is 2.30. The maximum absolute atomic E-state index is 5.79. The van der Waals surface area contributed by atoms with Gasteiger partial charge in [0.25, 0.3) is 0 Å². The molecule has 1 heterocycles. The molecule has 15 heavy (non-hydrogen) atoms. The number of rotatable bonds is 2. The molecule has 0 atom stereocenters. The minimum absolute atomic E-state index is 0.455.